The number of nitrogens with one attached hydrogen (secondary N) is 1. The fourth-order valence-corrected chi connectivity index (χ4v) is 1.39. The standard InChI is InChI=1S/C10H12N2.ClH/c1-2-11-12-8-7-9-5-3-4-6-10(9)12;/h3-8,11H,2H2,1H3;1H. The van der Waals surface area contributed by atoms with Crippen LogP contribution >= 0.6 is 12.4 Å². The average molecular weight is 197 g/mol. The molecule has 0 bridgehead atoms. The van der Waals surface area contributed by atoms with Gasteiger partial charge in [-0.25, -0.2) is 0 Å². The third kappa shape index (κ3) is 1.78. The van der Waals surface area contributed by atoms with Gasteiger partial charge in [-0.1, -0.05) is 18.2 Å². The SMILES string of the molecule is CCNn1ccc2ccccc21.Cl. The molecule has 0 fully saturated rings. The highest BCUT2D eigenvalue weighted by atomic mass is 35.5. The summed E-state index contributed by atoms with van der Waals surface area (Å²) < 4.78 is 2.05. The van der Waals surface area contributed by atoms with Crippen molar-refractivity contribution < 1.29 is 0 Å². The van der Waals surface area contributed by atoms with Crippen LogP contribution in [0.15, 0.2) is 36.5 Å². The minimum Gasteiger partial charge on any atom is -0.326 e. The highest BCUT2D eigenvalue weighted by molar-refractivity contribution is 5.85. The smallest absolute Gasteiger partial charge is 0.0692 e. The highest BCUT2D eigenvalue weighted by Crippen LogP contribution is 2.12. The van der Waals surface area contributed by atoms with Gasteiger partial charge in [-0.15, -0.1) is 12.4 Å². The minimum atomic E-state index is 0. The van der Waals surface area contributed by atoms with Gasteiger partial charge in [-0.05, 0) is 19.1 Å². The Balaban J connectivity index is 0.000000845. The van der Waals surface area contributed by atoms with E-state index in [2.05, 4.69) is 47.4 Å². The second-order valence-corrected chi connectivity index (χ2v) is 2.76. The molecule has 0 aliphatic heterocycles. The minimum absolute atomic E-state index is 0. The second-order valence-electron chi connectivity index (χ2n) is 2.76. The Morgan fingerprint density at radius 2 is 2.00 bits per heavy atom. The molecular weight excluding hydrogens is 184 g/mol. The molecule has 1 N–H and O–H groups in total. The Morgan fingerprint density at radius 1 is 1.23 bits per heavy atom. The molecule has 1 aromatic carbocycles. The summed E-state index contributed by atoms with van der Waals surface area (Å²) in [5.74, 6) is 0. The van der Waals surface area contributed by atoms with Crippen LogP contribution in [0, 0.1) is 0 Å². The zero-order valence-electron chi connectivity index (χ0n) is 7.53. The van der Waals surface area contributed by atoms with Crippen molar-refractivity contribution in [2.75, 3.05) is 12.0 Å². The van der Waals surface area contributed by atoms with Crippen LogP contribution in [0.4, 0.5) is 0 Å². The Kier molecular flexibility index (Phi) is 3.20. The third-order valence-electron chi connectivity index (χ3n) is 1.93. The van der Waals surface area contributed by atoms with E-state index in [1.165, 1.54) is 10.9 Å². The summed E-state index contributed by atoms with van der Waals surface area (Å²) in [6.07, 6.45) is 2.05. The topological polar surface area (TPSA) is 17.0 Å². The number of para-hydroxylation sites is 1. The van der Waals surface area contributed by atoms with E-state index in [1.807, 2.05) is 6.20 Å². The first-order chi connectivity index (χ1) is 5.92. The molecule has 2 nitrogen and oxygen atoms in total. The van der Waals surface area contributed by atoms with Crippen LogP contribution in [-0.2, 0) is 0 Å². The van der Waals surface area contributed by atoms with Crippen molar-refractivity contribution in [3.63, 3.8) is 0 Å². The fraction of sp³-hybridized carbons (Fsp3) is 0.200. The number of halogens is 1. The number of hydrogen-bond acceptors (Lipinski definition) is 1. The lowest BCUT2D eigenvalue weighted by Crippen LogP contribution is -2.11. The average Bonchev–Trinajstić information content (AvgIpc) is 2.50. The molecule has 70 valence electrons. The summed E-state index contributed by atoms with van der Waals surface area (Å²) in [6, 6.07) is 10.4. The van der Waals surface area contributed by atoms with E-state index in [1.54, 1.807) is 0 Å². The number of fused-ring (bicyclic) bond motifs is 1. The van der Waals surface area contributed by atoms with Crippen LogP contribution in [0.5, 0.6) is 0 Å². The summed E-state index contributed by atoms with van der Waals surface area (Å²) >= 11 is 0. The first kappa shape index (κ1) is 9.93. The number of hydrogen-bond donors (Lipinski definition) is 1. The van der Waals surface area contributed by atoms with Gasteiger partial charge in [0.15, 0.2) is 0 Å². The van der Waals surface area contributed by atoms with Crippen molar-refractivity contribution in [2.45, 2.75) is 6.92 Å². The Bertz CT molecular complexity index is 381. The van der Waals surface area contributed by atoms with Crippen molar-refractivity contribution in [3.05, 3.63) is 36.5 Å². The van der Waals surface area contributed by atoms with Gasteiger partial charge in [-0.3, -0.25) is 4.68 Å². The van der Waals surface area contributed by atoms with Crippen LogP contribution in [0.1, 0.15) is 6.92 Å². The quantitative estimate of drug-likeness (QED) is 0.782. The number of benzene rings is 1. The van der Waals surface area contributed by atoms with Gasteiger partial charge < -0.3 is 5.43 Å². The van der Waals surface area contributed by atoms with Crippen LogP contribution in [0.25, 0.3) is 10.9 Å². The molecule has 1 heterocycles. The van der Waals surface area contributed by atoms with Crippen LogP contribution in [-0.4, -0.2) is 11.2 Å². The number of nitrogens with zero attached hydrogens (tertiary/aromatic N) is 1. The molecule has 13 heavy (non-hydrogen) atoms. The molecular formula is C10H13ClN2. The van der Waals surface area contributed by atoms with E-state index in [-0.39, 0.29) is 12.4 Å². The molecule has 0 unspecified atom stereocenters. The molecule has 0 spiro atoms. The van der Waals surface area contributed by atoms with Crippen molar-refractivity contribution in [2.24, 2.45) is 0 Å². The summed E-state index contributed by atoms with van der Waals surface area (Å²) in [4.78, 5) is 0. The van der Waals surface area contributed by atoms with Gasteiger partial charge in [0.2, 0.25) is 0 Å². The van der Waals surface area contributed by atoms with E-state index in [9.17, 15) is 0 Å². The number of rotatable bonds is 2. The molecule has 3 heteroatoms. The van der Waals surface area contributed by atoms with E-state index in [0.717, 1.165) is 6.54 Å². The van der Waals surface area contributed by atoms with Gasteiger partial charge in [0.1, 0.15) is 0 Å². The maximum Gasteiger partial charge on any atom is 0.0692 e. The van der Waals surface area contributed by atoms with E-state index < -0.39 is 0 Å². The lowest BCUT2D eigenvalue weighted by atomic mass is 10.3. The Labute approximate surface area is 83.9 Å². The summed E-state index contributed by atoms with van der Waals surface area (Å²) in [5, 5.41) is 1.28. The summed E-state index contributed by atoms with van der Waals surface area (Å²) in [5.41, 5.74) is 4.48. The van der Waals surface area contributed by atoms with Gasteiger partial charge in [0.25, 0.3) is 0 Å². The second kappa shape index (κ2) is 4.19. The molecule has 2 rings (SSSR count). The molecule has 2 aromatic rings. The fourth-order valence-electron chi connectivity index (χ4n) is 1.39. The zero-order valence-corrected chi connectivity index (χ0v) is 8.34. The van der Waals surface area contributed by atoms with Gasteiger partial charge in [-0.2, -0.15) is 0 Å². The van der Waals surface area contributed by atoms with Crippen molar-refractivity contribution in [1.82, 2.24) is 4.68 Å². The molecule has 0 amide bonds. The third-order valence-corrected chi connectivity index (χ3v) is 1.93. The molecule has 0 radical (unpaired) electrons. The predicted octanol–water partition coefficient (Wildman–Crippen LogP) is 2.63. The van der Waals surface area contributed by atoms with E-state index >= 15 is 0 Å². The van der Waals surface area contributed by atoms with E-state index in [4.69, 9.17) is 0 Å². The van der Waals surface area contributed by atoms with Crippen LogP contribution in [0.3, 0.4) is 0 Å². The largest absolute Gasteiger partial charge is 0.326 e. The van der Waals surface area contributed by atoms with Crippen LogP contribution < -0.4 is 5.43 Å². The lowest BCUT2D eigenvalue weighted by Gasteiger charge is -2.05. The van der Waals surface area contributed by atoms with Crippen molar-refractivity contribution >= 4 is 23.3 Å². The van der Waals surface area contributed by atoms with E-state index in [0.29, 0.717) is 0 Å². The maximum absolute atomic E-state index is 3.25. The van der Waals surface area contributed by atoms with Crippen LogP contribution in [0.2, 0.25) is 0 Å². The summed E-state index contributed by atoms with van der Waals surface area (Å²) in [7, 11) is 0. The monoisotopic (exact) mass is 196 g/mol. The molecule has 0 atom stereocenters. The normalized spacial score (nSPS) is 9.62. The maximum atomic E-state index is 3.25. The van der Waals surface area contributed by atoms with Crippen molar-refractivity contribution in [1.29, 1.82) is 0 Å². The zero-order chi connectivity index (χ0) is 8.39. The Hall–Kier alpha value is -1.15. The van der Waals surface area contributed by atoms with Crippen molar-refractivity contribution in [3.8, 4) is 0 Å². The predicted molar refractivity (Wildman–Crippen MR) is 59.1 cm³/mol. The molecule has 0 aliphatic carbocycles. The Morgan fingerprint density at radius 3 is 2.77 bits per heavy atom. The van der Waals surface area contributed by atoms with Gasteiger partial charge in [0.05, 0.1) is 5.52 Å². The lowest BCUT2D eigenvalue weighted by molar-refractivity contribution is 0.901. The van der Waals surface area contributed by atoms with Gasteiger partial charge in [0, 0.05) is 18.1 Å². The molecule has 0 aliphatic rings. The number of aromatic nitrogens is 1. The van der Waals surface area contributed by atoms with Gasteiger partial charge >= 0.3 is 0 Å². The first-order valence-corrected chi connectivity index (χ1v) is 4.22. The summed E-state index contributed by atoms with van der Waals surface area (Å²) in [6.45, 7) is 3.04. The highest BCUT2D eigenvalue weighted by Gasteiger charge is 1.96. The first-order valence-electron chi connectivity index (χ1n) is 4.22. The molecule has 1 aromatic heterocycles. The molecule has 0 saturated heterocycles. The molecule has 0 saturated carbocycles.